The molecule has 1 aromatic rings. The Morgan fingerprint density at radius 1 is 1.33 bits per heavy atom. The number of carboxylic acids is 1. The molecule has 0 aliphatic heterocycles. The highest BCUT2D eigenvalue weighted by Gasteiger charge is 2.19. The number of nitrogens with one attached hydrogen (secondary N) is 1. The van der Waals surface area contributed by atoms with Gasteiger partial charge in [-0.3, -0.25) is 4.79 Å². The van der Waals surface area contributed by atoms with E-state index in [4.69, 9.17) is 5.11 Å². The van der Waals surface area contributed by atoms with Gasteiger partial charge in [-0.1, -0.05) is 43.7 Å². The second-order valence-electron chi connectivity index (χ2n) is 4.38. The molecule has 0 fully saturated rings. The summed E-state index contributed by atoms with van der Waals surface area (Å²) in [4.78, 5) is 11.2. The van der Waals surface area contributed by atoms with Crippen LogP contribution in [0.5, 0.6) is 0 Å². The Bertz CT molecular complexity index is 353. The number of aliphatic hydroxyl groups excluding tert-OH is 1. The Morgan fingerprint density at radius 3 is 2.50 bits per heavy atom. The summed E-state index contributed by atoms with van der Waals surface area (Å²) in [5, 5.41) is 21.2. The lowest BCUT2D eigenvalue weighted by molar-refractivity contribution is -0.139. The predicted molar refractivity (Wildman–Crippen MR) is 70.3 cm³/mol. The monoisotopic (exact) mass is 251 g/mol. The molecule has 2 atom stereocenters. The summed E-state index contributed by atoms with van der Waals surface area (Å²) >= 11 is 0. The second kappa shape index (κ2) is 7.84. The van der Waals surface area contributed by atoms with E-state index < -0.39 is 12.0 Å². The number of aliphatic hydroxyl groups is 1. The summed E-state index contributed by atoms with van der Waals surface area (Å²) in [6.07, 6.45) is 1.62. The van der Waals surface area contributed by atoms with Crippen molar-refractivity contribution < 1.29 is 15.0 Å². The van der Waals surface area contributed by atoms with Gasteiger partial charge in [0.25, 0.3) is 0 Å². The van der Waals surface area contributed by atoms with Crippen molar-refractivity contribution >= 4 is 5.97 Å². The van der Waals surface area contributed by atoms with E-state index in [0.29, 0.717) is 18.9 Å². The molecule has 0 aliphatic carbocycles. The maximum absolute atomic E-state index is 11.2. The highest BCUT2D eigenvalue weighted by molar-refractivity contribution is 5.75. The van der Waals surface area contributed by atoms with E-state index in [0.717, 1.165) is 12.0 Å². The van der Waals surface area contributed by atoms with Gasteiger partial charge >= 0.3 is 5.97 Å². The van der Waals surface area contributed by atoms with Gasteiger partial charge in [-0.15, -0.1) is 0 Å². The fraction of sp³-hybridized carbons (Fsp3) is 0.500. The topological polar surface area (TPSA) is 69.6 Å². The minimum absolute atomic E-state index is 0.142. The molecule has 0 heterocycles. The largest absolute Gasteiger partial charge is 0.480 e. The molecule has 2 unspecified atom stereocenters. The second-order valence-corrected chi connectivity index (χ2v) is 4.38. The van der Waals surface area contributed by atoms with Crippen LogP contribution in [0.15, 0.2) is 30.3 Å². The smallest absolute Gasteiger partial charge is 0.325 e. The van der Waals surface area contributed by atoms with E-state index >= 15 is 0 Å². The zero-order chi connectivity index (χ0) is 13.4. The molecule has 1 aromatic carbocycles. The fourth-order valence-electron chi connectivity index (χ4n) is 1.91. The van der Waals surface area contributed by atoms with Crippen LogP contribution >= 0.6 is 0 Å². The molecule has 3 N–H and O–H groups in total. The molecule has 0 saturated carbocycles. The molecule has 0 aliphatic rings. The van der Waals surface area contributed by atoms with Crippen molar-refractivity contribution in [1.82, 2.24) is 5.32 Å². The number of hydrogen-bond acceptors (Lipinski definition) is 3. The van der Waals surface area contributed by atoms with Crippen LogP contribution in [0.2, 0.25) is 0 Å². The van der Waals surface area contributed by atoms with E-state index in [9.17, 15) is 9.90 Å². The van der Waals surface area contributed by atoms with Gasteiger partial charge in [0, 0.05) is 6.61 Å². The lowest BCUT2D eigenvalue weighted by Gasteiger charge is -2.19. The van der Waals surface area contributed by atoms with Crippen molar-refractivity contribution in [2.75, 3.05) is 13.2 Å². The first-order valence-corrected chi connectivity index (χ1v) is 6.31. The van der Waals surface area contributed by atoms with Gasteiger partial charge in [-0.05, 0) is 24.4 Å². The third kappa shape index (κ3) is 4.47. The van der Waals surface area contributed by atoms with Crippen molar-refractivity contribution in [3.05, 3.63) is 35.9 Å². The summed E-state index contributed by atoms with van der Waals surface area (Å²) in [6, 6.07) is 8.45. The Balaban J connectivity index is 2.62. The maximum atomic E-state index is 11.2. The molecule has 0 saturated heterocycles. The molecule has 1 rings (SSSR count). The van der Waals surface area contributed by atoms with E-state index in [1.165, 1.54) is 0 Å². The SMILES string of the molecule is CCC(CCO)CNC(C(=O)O)c1ccccc1. The Kier molecular flexibility index (Phi) is 6.39. The molecule has 4 nitrogen and oxygen atoms in total. The van der Waals surface area contributed by atoms with Gasteiger partial charge in [0.15, 0.2) is 0 Å². The van der Waals surface area contributed by atoms with Crippen LogP contribution in [0.1, 0.15) is 31.4 Å². The summed E-state index contributed by atoms with van der Waals surface area (Å²) < 4.78 is 0. The van der Waals surface area contributed by atoms with Crippen LogP contribution in [0.3, 0.4) is 0 Å². The predicted octanol–water partition coefficient (Wildman–Crippen LogP) is 1.81. The Morgan fingerprint density at radius 2 is 2.00 bits per heavy atom. The van der Waals surface area contributed by atoms with Crippen molar-refractivity contribution in [1.29, 1.82) is 0 Å². The standard InChI is InChI=1S/C14H21NO3/c1-2-11(8-9-16)10-15-13(14(17)18)12-6-4-3-5-7-12/h3-7,11,13,15-16H,2,8-10H2,1H3,(H,17,18). The van der Waals surface area contributed by atoms with Gasteiger partial charge in [0.05, 0.1) is 0 Å². The quantitative estimate of drug-likeness (QED) is 0.659. The van der Waals surface area contributed by atoms with Crippen molar-refractivity contribution in [2.24, 2.45) is 5.92 Å². The van der Waals surface area contributed by atoms with Gasteiger partial charge < -0.3 is 15.5 Å². The van der Waals surface area contributed by atoms with Crippen LogP contribution in [-0.4, -0.2) is 29.3 Å². The molecule has 0 spiro atoms. The summed E-state index contributed by atoms with van der Waals surface area (Å²) in [5.41, 5.74) is 0.754. The highest BCUT2D eigenvalue weighted by Crippen LogP contribution is 2.14. The van der Waals surface area contributed by atoms with Gasteiger partial charge in [0.1, 0.15) is 6.04 Å². The van der Waals surface area contributed by atoms with E-state index in [1.807, 2.05) is 25.1 Å². The number of carboxylic acid groups (broad SMARTS) is 1. The molecule has 0 aromatic heterocycles. The van der Waals surface area contributed by atoms with Crippen LogP contribution in [0, 0.1) is 5.92 Å². The normalized spacial score (nSPS) is 14.1. The third-order valence-electron chi connectivity index (χ3n) is 3.11. The van der Waals surface area contributed by atoms with Crippen LogP contribution in [0.25, 0.3) is 0 Å². The Labute approximate surface area is 108 Å². The first kappa shape index (κ1) is 14.7. The van der Waals surface area contributed by atoms with Gasteiger partial charge in [0.2, 0.25) is 0 Å². The number of carbonyl (C=O) groups is 1. The molecule has 0 amide bonds. The third-order valence-corrected chi connectivity index (χ3v) is 3.11. The van der Waals surface area contributed by atoms with E-state index in [2.05, 4.69) is 5.32 Å². The zero-order valence-electron chi connectivity index (χ0n) is 10.7. The number of aliphatic carboxylic acids is 1. The summed E-state index contributed by atoms with van der Waals surface area (Å²) in [7, 11) is 0. The van der Waals surface area contributed by atoms with Gasteiger partial charge in [-0.25, -0.2) is 0 Å². The Hall–Kier alpha value is -1.39. The molecule has 4 heteroatoms. The summed E-state index contributed by atoms with van der Waals surface area (Å²) in [6.45, 7) is 2.78. The fourth-order valence-corrected chi connectivity index (χ4v) is 1.91. The molecular formula is C14H21NO3. The summed E-state index contributed by atoms with van der Waals surface area (Å²) in [5.74, 6) is -0.569. The average Bonchev–Trinajstić information content (AvgIpc) is 2.38. The van der Waals surface area contributed by atoms with E-state index in [-0.39, 0.29) is 6.61 Å². The maximum Gasteiger partial charge on any atom is 0.325 e. The number of hydrogen-bond donors (Lipinski definition) is 3. The molecule has 100 valence electrons. The van der Waals surface area contributed by atoms with Gasteiger partial charge in [-0.2, -0.15) is 0 Å². The van der Waals surface area contributed by atoms with E-state index in [1.54, 1.807) is 12.1 Å². The lowest BCUT2D eigenvalue weighted by Crippen LogP contribution is -2.32. The first-order chi connectivity index (χ1) is 8.69. The lowest BCUT2D eigenvalue weighted by atomic mass is 10.0. The van der Waals surface area contributed by atoms with Crippen molar-refractivity contribution in [3.8, 4) is 0 Å². The highest BCUT2D eigenvalue weighted by atomic mass is 16.4. The molecule has 0 radical (unpaired) electrons. The number of benzene rings is 1. The molecule has 0 bridgehead atoms. The number of rotatable bonds is 8. The van der Waals surface area contributed by atoms with Crippen LogP contribution in [0.4, 0.5) is 0 Å². The molecular weight excluding hydrogens is 230 g/mol. The molecule has 18 heavy (non-hydrogen) atoms. The minimum Gasteiger partial charge on any atom is -0.480 e. The van der Waals surface area contributed by atoms with Crippen LogP contribution < -0.4 is 5.32 Å². The van der Waals surface area contributed by atoms with Crippen molar-refractivity contribution in [2.45, 2.75) is 25.8 Å². The zero-order valence-corrected chi connectivity index (χ0v) is 10.7. The minimum atomic E-state index is -0.875. The first-order valence-electron chi connectivity index (χ1n) is 6.31. The van der Waals surface area contributed by atoms with Crippen molar-refractivity contribution in [3.63, 3.8) is 0 Å². The van der Waals surface area contributed by atoms with Crippen LogP contribution in [-0.2, 0) is 4.79 Å². The average molecular weight is 251 g/mol.